The lowest BCUT2D eigenvalue weighted by atomic mass is 10.2. The number of hydrogen-bond acceptors (Lipinski definition) is 5. The molecule has 1 rings (SSSR count). The number of ether oxygens (including phenoxy) is 2. The van der Waals surface area contributed by atoms with Crippen LogP contribution in [0.4, 0.5) is 0 Å². The predicted molar refractivity (Wildman–Crippen MR) is 55.1 cm³/mol. The van der Waals surface area contributed by atoms with Gasteiger partial charge in [0.25, 0.3) is 0 Å². The van der Waals surface area contributed by atoms with Crippen molar-refractivity contribution in [2.75, 3.05) is 13.7 Å². The minimum absolute atomic E-state index is 0.116. The number of hydrogen-bond donors (Lipinski definition) is 1. The Balaban J connectivity index is 2.87. The van der Waals surface area contributed by atoms with Crippen molar-refractivity contribution < 1.29 is 24.2 Å². The number of esters is 2. The van der Waals surface area contributed by atoms with Crippen molar-refractivity contribution in [1.29, 1.82) is 0 Å². The molecule has 0 spiro atoms. The summed E-state index contributed by atoms with van der Waals surface area (Å²) in [6, 6.07) is 6.25. The van der Waals surface area contributed by atoms with Crippen LogP contribution in [0.3, 0.4) is 0 Å². The van der Waals surface area contributed by atoms with Crippen LogP contribution in [0, 0.1) is 0 Å². The number of carbonyl (C=O) groups excluding carboxylic acids is 2. The third-order valence-corrected chi connectivity index (χ3v) is 1.83. The molecule has 86 valence electrons. The number of methoxy groups -OCH3 is 1. The van der Waals surface area contributed by atoms with E-state index < -0.39 is 11.9 Å². The second-order valence-corrected chi connectivity index (χ2v) is 2.94. The molecule has 0 bridgehead atoms. The molecule has 5 heteroatoms. The maximum atomic E-state index is 11.3. The highest BCUT2D eigenvalue weighted by atomic mass is 16.5. The van der Waals surface area contributed by atoms with Crippen LogP contribution in [0.5, 0.6) is 5.75 Å². The fraction of sp³-hybridized carbons (Fsp3) is 0.273. The predicted octanol–water partition coefficient (Wildman–Crippen LogP) is 0.761. The van der Waals surface area contributed by atoms with Gasteiger partial charge in [-0.15, -0.1) is 0 Å². The van der Waals surface area contributed by atoms with Crippen LogP contribution in [-0.4, -0.2) is 30.8 Å². The maximum Gasteiger partial charge on any atom is 0.341 e. The van der Waals surface area contributed by atoms with E-state index in [4.69, 9.17) is 9.84 Å². The summed E-state index contributed by atoms with van der Waals surface area (Å²) in [5, 5.41) is 8.55. The molecule has 0 heterocycles. The Bertz CT molecular complexity index is 386. The van der Waals surface area contributed by atoms with Crippen molar-refractivity contribution in [3.05, 3.63) is 29.8 Å². The Morgan fingerprint density at radius 2 is 2.00 bits per heavy atom. The van der Waals surface area contributed by atoms with E-state index in [1.165, 1.54) is 19.2 Å². The Hall–Kier alpha value is -1.88. The van der Waals surface area contributed by atoms with E-state index in [1.54, 1.807) is 12.1 Å². The van der Waals surface area contributed by atoms with Crippen LogP contribution in [0.15, 0.2) is 24.3 Å². The quantitative estimate of drug-likeness (QED) is 0.603. The van der Waals surface area contributed by atoms with Gasteiger partial charge < -0.3 is 14.6 Å². The van der Waals surface area contributed by atoms with Gasteiger partial charge in [0.2, 0.25) is 0 Å². The fourth-order valence-corrected chi connectivity index (χ4v) is 1.10. The molecule has 0 saturated carbocycles. The molecule has 0 amide bonds. The number of carbonyl (C=O) groups is 2. The zero-order valence-electron chi connectivity index (χ0n) is 8.80. The topological polar surface area (TPSA) is 72.8 Å². The number of aliphatic hydroxyl groups excluding tert-OH is 1. The minimum Gasteiger partial charge on any atom is -0.465 e. The molecule has 0 aliphatic carbocycles. The van der Waals surface area contributed by atoms with Crippen molar-refractivity contribution >= 4 is 11.9 Å². The summed E-state index contributed by atoms with van der Waals surface area (Å²) in [4.78, 5) is 22.5. The Kier molecular flexibility index (Phi) is 4.47. The van der Waals surface area contributed by atoms with Gasteiger partial charge in [-0.3, -0.25) is 4.79 Å². The standard InChI is InChI=1S/C11H12O5/c1-15-11(14)8-4-2-3-5-9(8)16-10(13)6-7-12/h2-5,12H,6-7H2,1H3. The van der Waals surface area contributed by atoms with Crippen molar-refractivity contribution in [1.82, 2.24) is 0 Å². The fourth-order valence-electron chi connectivity index (χ4n) is 1.10. The van der Waals surface area contributed by atoms with Crippen LogP contribution in [0.1, 0.15) is 16.8 Å². The van der Waals surface area contributed by atoms with Crippen molar-refractivity contribution in [2.24, 2.45) is 0 Å². The summed E-state index contributed by atoms with van der Waals surface area (Å²) in [5.74, 6) is -1.04. The van der Waals surface area contributed by atoms with E-state index >= 15 is 0 Å². The van der Waals surface area contributed by atoms with Gasteiger partial charge >= 0.3 is 11.9 Å². The Morgan fingerprint density at radius 3 is 2.62 bits per heavy atom. The van der Waals surface area contributed by atoms with Gasteiger partial charge in [-0.2, -0.15) is 0 Å². The first kappa shape index (κ1) is 12.2. The van der Waals surface area contributed by atoms with Gasteiger partial charge in [0.1, 0.15) is 11.3 Å². The maximum absolute atomic E-state index is 11.3. The normalized spacial score (nSPS) is 9.62. The molecule has 0 aromatic heterocycles. The van der Waals surface area contributed by atoms with Crippen LogP contribution >= 0.6 is 0 Å². The van der Waals surface area contributed by atoms with E-state index in [0.29, 0.717) is 0 Å². The largest absolute Gasteiger partial charge is 0.465 e. The first-order valence-electron chi connectivity index (χ1n) is 4.68. The summed E-state index contributed by atoms with van der Waals surface area (Å²) < 4.78 is 9.45. The van der Waals surface area contributed by atoms with Crippen molar-refractivity contribution in [2.45, 2.75) is 6.42 Å². The summed E-state index contributed by atoms with van der Waals surface area (Å²) in [5.41, 5.74) is 0.177. The highest BCUT2D eigenvalue weighted by Crippen LogP contribution is 2.19. The van der Waals surface area contributed by atoms with Crippen LogP contribution in [0.25, 0.3) is 0 Å². The second kappa shape index (κ2) is 5.87. The minimum atomic E-state index is -0.598. The molecular formula is C11H12O5. The monoisotopic (exact) mass is 224 g/mol. The first-order valence-corrected chi connectivity index (χ1v) is 4.68. The SMILES string of the molecule is COC(=O)c1ccccc1OC(=O)CCO. The summed E-state index contributed by atoms with van der Waals surface area (Å²) in [7, 11) is 1.24. The summed E-state index contributed by atoms with van der Waals surface area (Å²) in [6.45, 7) is -0.292. The third-order valence-electron chi connectivity index (χ3n) is 1.83. The van der Waals surface area contributed by atoms with Crippen LogP contribution < -0.4 is 4.74 Å². The molecule has 0 aliphatic rings. The lowest BCUT2D eigenvalue weighted by molar-refractivity contribution is -0.135. The molecule has 0 fully saturated rings. The third kappa shape index (κ3) is 3.06. The van der Waals surface area contributed by atoms with E-state index in [0.717, 1.165) is 0 Å². The van der Waals surface area contributed by atoms with E-state index in [-0.39, 0.29) is 24.3 Å². The molecule has 1 aromatic carbocycles. The van der Waals surface area contributed by atoms with Crippen LogP contribution in [0.2, 0.25) is 0 Å². The van der Waals surface area contributed by atoms with Crippen molar-refractivity contribution in [3.8, 4) is 5.75 Å². The smallest absolute Gasteiger partial charge is 0.341 e. The van der Waals surface area contributed by atoms with E-state index in [1.807, 2.05) is 0 Å². The lowest BCUT2D eigenvalue weighted by Gasteiger charge is -2.07. The molecule has 1 N–H and O–H groups in total. The second-order valence-electron chi connectivity index (χ2n) is 2.94. The Morgan fingerprint density at radius 1 is 1.31 bits per heavy atom. The van der Waals surface area contributed by atoms with Gasteiger partial charge in [0.05, 0.1) is 20.1 Å². The van der Waals surface area contributed by atoms with Gasteiger partial charge in [-0.25, -0.2) is 4.79 Å². The van der Waals surface area contributed by atoms with Gasteiger partial charge in [-0.1, -0.05) is 12.1 Å². The molecule has 0 saturated heterocycles. The number of aliphatic hydroxyl groups is 1. The molecular weight excluding hydrogens is 212 g/mol. The van der Waals surface area contributed by atoms with Gasteiger partial charge in [-0.05, 0) is 12.1 Å². The van der Waals surface area contributed by atoms with E-state index in [2.05, 4.69) is 4.74 Å². The molecule has 5 nitrogen and oxygen atoms in total. The van der Waals surface area contributed by atoms with Gasteiger partial charge in [0.15, 0.2) is 0 Å². The highest BCUT2D eigenvalue weighted by Gasteiger charge is 2.14. The molecule has 0 radical (unpaired) electrons. The van der Waals surface area contributed by atoms with Gasteiger partial charge in [0, 0.05) is 0 Å². The highest BCUT2D eigenvalue weighted by molar-refractivity contribution is 5.93. The number of benzene rings is 1. The van der Waals surface area contributed by atoms with E-state index in [9.17, 15) is 9.59 Å². The molecule has 0 aliphatic heterocycles. The number of rotatable bonds is 4. The molecule has 16 heavy (non-hydrogen) atoms. The summed E-state index contributed by atoms with van der Waals surface area (Å²) >= 11 is 0. The van der Waals surface area contributed by atoms with Crippen molar-refractivity contribution in [3.63, 3.8) is 0 Å². The first-order chi connectivity index (χ1) is 7.69. The van der Waals surface area contributed by atoms with Crippen LogP contribution in [-0.2, 0) is 9.53 Å². The zero-order chi connectivity index (χ0) is 12.0. The summed E-state index contributed by atoms with van der Waals surface area (Å²) in [6.07, 6.45) is -0.116. The Labute approximate surface area is 92.6 Å². The average molecular weight is 224 g/mol. The average Bonchev–Trinajstić information content (AvgIpc) is 2.29. The molecule has 0 atom stereocenters. The zero-order valence-corrected chi connectivity index (χ0v) is 8.80. The molecule has 0 unspecified atom stereocenters. The number of para-hydroxylation sites is 1. The molecule has 1 aromatic rings. The lowest BCUT2D eigenvalue weighted by Crippen LogP contribution is -2.12.